The lowest BCUT2D eigenvalue weighted by molar-refractivity contribution is -0.0835. The quantitative estimate of drug-likeness (QED) is 0.295. The Hall–Kier alpha value is -0.900. The van der Waals surface area contributed by atoms with Crippen molar-refractivity contribution in [3.8, 4) is 0 Å². The third-order valence-electron chi connectivity index (χ3n) is 6.62. The molecule has 0 spiro atoms. The molecular weight excluding hydrogens is 525 g/mol. The topological polar surface area (TPSA) is 52.1 Å². The molecule has 2 saturated heterocycles. The summed E-state index contributed by atoms with van der Waals surface area (Å²) in [7, 11) is 2.20. The molecular formula is C26H46IN5O. The van der Waals surface area contributed by atoms with Gasteiger partial charge in [0.05, 0.1) is 12.6 Å². The molecule has 33 heavy (non-hydrogen) atoms. The highest BCUT2D eigenvalue weighted by atomic mass is 127. The fourth-order valence-electron chi connectivity index (χ4n) is 4.76. The molecule has 2 aliphatic rings. The van der Waals surface area contributed by atoms with Crippen molar-refractivity contribution in [1.82, 2.24) is 20.4 Å². The molecule has 2 heterocycles. The Labute approximate surface area is 218 Å². The molecule has 2 fully saturated rings. The predicted octanol–water partition coefficient (Wildman–Crippen LogP) is 3.95. The number of aliphatic imine (C=N–C) groups is 1. The van der Waals surface area contributed by atoms with Gasteiger partial charge in [-0.3, -0.25) is 4.90 Å². The van der Waals surface area contributed by atoms with E-state index in [1.807, 2.05) is 0 Å². The van der Waals surface area contributed by atoms with Crippen LogP contribution < -0.4 is 10.6 Å². The van der Waals surface area contributed by atoms with Crippen LogP contribution in [0.3, 0.4) is 0 Å². The van der Waals surface area contributed by atoms with Gasteiger partial charge in [-0.1, -0.05) is 45.0 Å². The molecule has 0 aliphatic carbocycles. The summed E-state index contributed by atoms with van der Waals surface area (Å²) in [6.45, 7) is 18.0. The van der Waals surface area contributed by atoms with Gasteiger partial charge in [0.15, 0.2) is 5.96 Å². The first kappa shape index (κ1) is 28.3. The SMILES string of the molecule is CCNC(=NCc1ccc(CN2CCN(C)CC2)cc1)NCC1CCCOC1C(C)(C)C.I. The number of guanidine groups is 1. The van der Waals surface area contributed by atoms with Crippen molar-refractivity contribution in [3.63, 3.8) is 0 Å². The molecule has 1 aromatic rings. The van der Waals surface area contributed by atoms with Crippen molar-refractivity contribution in [1.29, 1.82) is 0 Å². The van der Waals surface area contributed by atoms with Gasteiger partial charge in [-0.25, -0.2) is 4.99 Å². The summed E-state index contributed by atoms with van der Waals surface area (Å²) in [5, 5.41) is 6.98. The summed E-state index contributed by atoms with van der Waals surface area (Å²) in [5.41, 5.74) is 2.80. The number of ether oxygens (including phenoxy) is 1. The largest absolute Gasteiger partial charge is 0.377 e. The Morgan fingerprint density at radius 3 is 2.36 bits per heavy atom. The second kappa shape index (κ2) is 13.9. The van der Waals surface area contributed by atoms with Gasteiger partial charge >= 0.3 is 0 Å². The number of hydrogen-bond acceptors (Lipinski definition) is 4. The summed E-state index contributed by atoms with van der Waals surface area (Å²) < 4.78 is 6.14. The maximum Gasteiger partial charge on any atom is 0.191 e. The van der Waals surface area contributed by atoms with Gasteiger partial charge in [0, 0.05) is 58.3 Å². The molecule has 2 atom stereocenters. The predicted molar refractivity (Wildman–Crippen MR) is 149 cm³/mol. The van der Waals surface area contributed by atoms with Gasteiger partial charge in [-0.2, -0.15) is 0 Å². The molecule has 0 bridgehead atoms. The highest BCUT2D eigenvalue weighted by Crippen LogP contribution is 2.33. The number of benzene rings is 1. The molecule has 2 unspecified atom stereocenters. The molecule has 0 aromatic heterocycles. The maximum atomic E-state index is 6.14. The van der Waals surface area contributed by atoms with Gasteiger partial charge in [0.2, 0.25) is 0 Å². The van der Waals surface area contributed by atoms with E-state index in [9.17, 15) is 0 Å². The highest BCUT2D eigenvalue weighted by molar-refractivity contribution is 14.0. The van der Waals surface area contributed by atoms with Crippen molar-refractivity contribution in [2.24, 2.45) is 16.3 Å². The molecule has 6 nitrogen and oxygen atoms in total. The van der Waals surface area contributed by atoms with Gasteiger partial charge in [0.25, 0.3) is 0 Å². The number of nitrogens with one attached hydrogen (secondary N) is 2. The molecule has 0 amide bonds. The van der Waals surface area contributed by atoms with E-state index in [0.717, 1.165) is 64.8 Å². The van der Waals surface area contributed by atoms with E-state index >= 15 is 0 Å². The Morgan fingerprint density at radius 2 is 1.73 bits per heavy atom. The van der Waals surface area contributed by atoms with E-state index in [1.54, 1.807) is 0 Å². The normalized spacial score (nSPS) is 23.1. The average molecular weight is 572 g/mol. The summed E-state index contributed by atoms with van der Waals surface area (Å²) in [6.07, 6.45) is 2.65. The molecule has 2 aliphatic heterocycles. The van der Waals surface area contributed by atoms with Crippen LogP contribution in [0.4, 0.5) is 0 Å². The maximum absolute atomic E-state index is 6.14. The molecule has 188 valence electrons. The number of rotatable bonds is 7. The van der Waals surface area contributed by atoms with E-state index < -0.39 is 0 Å². The fraction of sp³-hybridized carbons (Fsp3) is 0.731. The second-order valence-electron chi connectivity index (χ2n) is 10.5. The van der Waals surface area contributed by atoms with Crippen molar-refractivity contribution >= 4 is 29.9 Å². The van der Waals surface area contributed by atoms with Crippen LogP contribution in [0.1, 0.15) is 51.7 Å². The van der Waals surface area contributed by atoms with Gasteiger partial charge in [-0.05, 0) is 43.4 Å². The Bertz CT molecular complexity index is 710. The van der Waals surface area contributed by atoms with Gasteiger partial charge in [-0.15, -0.1) is 24.0 Å². The standard InChI is InChI=1S/C26H45N5O.HI/c1-6-27-25(29-19-23-8-7-17-32-24(23)26(2,3)4)28-18-21-9-11-22(12-10-21)20-31-15-13-30(5)14-16-31;/h9-12,23-24H,6-8,13-20H2,1-5H3,(H2,27,28,29);1H. The van der Waals surface area contributed by atoms with Crippen LogP contribution in [0.25, 0.3) is 0 Å². The zero-order chi connectivity index (χ0) is 23.0. The molecule has 7 heteroatoms. The smallest absolute Gasteiger partial charge is 0.191 e. The van der Waals surface area contributed by atoms with Crippen LogP contribution in [-0.4, -0.2) is 74.8 Å². The van der Waals surface area contributed by atoms with Gasteiger partial charge in [0.1, 0.15) is 0 Å². The summed E-state index contributed by atoms with van der Waals surface area (Å²) in [6, 6.07) is 8.97. The van der Waals surface area contributed by atoms with E-state index in [4.69, 9.17) is 9.73 Å². The lowest BCUT2D eigenvalue weighted by Gasteiger charge is -2.40. The Morgan fingerprint density at radius 1 is 1.06 bits per heavy atom. The monoisotopic (exact) mass is 571 g/mol. The Balaban J connectivity index is 0.00000385. The minimum absolute atomic E-state index is 0. The van der Waals surface area contributed by atoms with Gasteiger partial charge < -0.3 is 20.3 Å². The van der Waals surface area contributed by atoms with Crippen LogP contribution in [0.15, 0.2) is 29.3 Å². The lowest BCUT2D eigenvalue weighted by atomic mass is 9.78. The fourth-order valence-corrected chi connectivity index (χ4v) is 4.76. The van der Waals surface area contributed by atoms with E-state index in [1.165, 1.54) is 17.5 Å². The molecule has 2 N–H and O–H groups in total. The van der Waals surface area contributed by atoms with Crippen LogP contribution in [0, 0.1) is 11.3 Å². The van der Waals surface area contributed by atoms with Crippen molar-refractivity contribution in [3.05, 3.63) is 35.4 Å². The molecule has 3 rings (SSSR count). The zero-order valence-electron chi connectivity index (χ0n) is 21.4. The zero-order valence-corrected chi connectivity index (χ0v) is 23.7. The van der Waals surface area contributed by atoms with Crippen LogP contribution in [-0.2, 0) is 17.8 Å². The number of piperazine rings is 1. The van der Waals surface area contributed by atoms with E-state index in [0.29, 0.717) is 18.6 Å². The van der Waals surface area contributed by atoms with E-state index in [2.05, 4.69) is 79.4 Å². The number of halogens is 1. The number of likely N-dealkylation sites (N-methyl/N-ethyl adjacent to an activating group) is 1. The van der Waals surface area contributed by atoms with Crippen molar-refractivity contribution in [2.45, 2.75) is 59.7 Å². The average Bonchev–Trinajstić information content (AvgIpc) is 2.78. The first-order chi connectivity index (χ1) is 15.3. The third kappa shape index (κ3) is 9.34. The van der Waals surface area contributed by atoms with Crippen LogP contribution in [0.2, 0.25) is 0 Å². The second-order valence-corrected chi connectivity index (χ2v) is 10.5. The highest BCUT2D eigenvalue weighted by Gasteiger charge is 2.35. The Kier molecular flexibility index (Phi) is 11.9. The lowest BCUT2D eigenvalue weighted by Crippen LogP contribution is -2.47. The van der Waals surface area contributed by atoms with Crippen molar-refractivity contribution < 1.29 is 4.74 Å². The van der Waals surface area contributed by atoms with E-state index in [-0.39, 0.29) is 29.4 Å². The molecule has 1 aromatic carbocycles. The minimum atomic E-state index is 0. The first-order valence-corrected chi connectivity index (χ1v) is 12.5. The summed E-state index contributed by atoms with van der Waals surface area (Å²) >= 11 is 0. The summed E-state index contributed by atoms with van der Waals surface area (Å²) in [5.74, 6) is 1.41. The van der Waals surface area contributed by atoms with Crippen LogP contribution in [0.5, 0.6) is 0 Å². The third-order valence-corrected chi connectivity index (χ3v) is 6.62. The van der Waals surface area contributed by atoms with Crippen molar-refractivity contribution in [2.75, 3.05) is 52.9 Å². The minimum Gasteiger partial charge on any atom is -0.377 e. The van der Waals surface area contributed by atoms with Crippen LogP contribution >= 0.6 is 24.0 Å². The summed E-state index contributed by atoms with van der Waals surface area (Å²) in [4.78, 5) is 9.79. The number of hydrogen-bond donors (Lipinski definition) is 2. The molecule has 0 radical (unpaired) electrons. The first-order valence-electron chi connectivity index (χ1n) is 12.5. The molecule has 0 saturated carbocycles. The number of nitrogens with zero attached hydrogens (tertiary/aromatic N) is 3.